The highest BCUT2D eigenvalue weighted by Gasteiger charge is 2.21. The molecule has 0 aliphatic rings. The Morgan fingerprint density at radius 1 is 1.09 bits per heavy atom. The zero-order chi connectivity index (χ0) is 22.5. The monoisotopic (exact) mass is 430 g/mol. The summed E-state index contributed by atoms with van der Waals surface area (Å²) in [6, 6.07) is 18.9. The molecule has 1 amide bonds. The summed E-state index contributed by atoms with van der Waals surface area (Å²) in [4.78, 5) is 17.4. The van der Waals surface area contributed by atoms with Crippen LogP contribution in [0.1, 0.15) is 41.4 Å². The first-order valence-corrected chi connectivity index (χ1v) is 10.3. The van der Waals surface area contributed by atoms with Gasteiger partial charge in [0.1, 0.15) is 18.2 Å². The van der Waals surface area contributed by atoms with Crippen molar-refractivity contribution in [2.24, 2.45) is 0 Å². The van der Waals surface area contributed by atoms with Crippen LogP contribution in [0.5, 0.6) is 5.75 Å². The number of nitrogens with one attached hydrogen (secondary N) is 1. The number of rotatable bonds is 7. The van der Waals surface area contributed by atoms with E-state index in [0.29, 0.717) is 22.8 Å². The maximum Gasteiger partial charge on any atom is 0.259 e. The van der Waals surface area contributed by atoms with Crippen LogP contribution in [0.15, 0.2) is 79.1 Å². The van der Waals surface area contributed by atoms with Crippen molar-refractivity contribution in [3.8, 4) is 11.6 Å². The fraction of sp³-hybridized carbons (Fsp3) is 0.160. The summed E-state index contributed by atoms with van der Waals surface area (Å²) in [7, 11) is 0. The molecule has 4 rings (SSSR count). The Morgan fingerprint density at radius 2 is 1.94 bits per heavy atom. The topological polar surface area (TPSA) is 69.0 Å². The Morgan fingerprint density at radius 3 is 2.69 bits per heavy atom. The summed E-state index contributed by atoms with van der Waals surface area (Å²) >= 11 is 0. The Hall–Kier alpha value is -4.00. The summed E-state index contributed by atoms with van der Waals surface area (Å²) in [6.07, 6.45) is 3.25. The van der Waals surface area contributed by atoms with Gasteiger partial charge in [0.15, 0.2) is 5.82 Å². The van der Waals surface area contributed by atoms with Crippen molar-refractivity contribution >= 4 is 11.6 Å². The van der Waals surface area contributed by atoms with Crippen molar-refractivity contribution in [2.75, 3.05) is 5.32 Å². The third-order valence-electron chi connectivity index (χ3n) is 4.85. The van der Waals surface area contributed by atoms with Gasteiger partial charge in [-0.15, -0.1) is 0 Å². The lowest BCUT2D eigenvalue weighted by Crippen LogP contribution is -2.15. The van der Waals surface area contributed by atoms with E-state index in [9.17, 15) is 9.18 Å². The molecule has 0 atom stereocenters. The van der Waals surface area contributed by atoms with E-state index < -0.39 is 0 Å². The molecule has 2 aromatic carbocycles. The van der Waals surface area contributed by atoms with E-state index in [0.717, 1.165) is 11.3 Å². The highest BCUT2D eigenvalue weighted by Crippen LogP contribution is 2.24. The largest absolute Gasteiger partial charge is 0.489 e. The zero-order valence-electron chi connectivity index (χ0n) is 17.8. The molecule has 2 aromatic heterocycles. The molecule has 0 radical (unpaired) electrons. The number of ether oxygens (including phenoxy) is 1. The van der Waals surface area contributed by atoms with Crippen molar-refractivity contribution in [2.45, 2.75) is 26.4 Å². The lowest BCUT2D eigenvalue weighted by Gasteiger charge is -2.13. The molecule has 6 nitrogen and oxygen atoms in total. The maximum absolute atomic E-state index is 13.3. The van der Waals surface area contributed by atoms with Gasteiger partial charge in [-0.3, -0.25) is 4.79 Å². The van der Waals surface area contributed by atoms with E-state index in [-0.39, 0.29) is 24.2 Å². The van der Waals surface area contributed by atoms with Crippen LogP contribution in [0.4, 0.5) is 10.1 Å². The number of amides is 1. The number of halogens is 1. The van der Waals surface area contributed by atoms with Gasteiger partial charge in [-0.25, -0.2) is 14.1 Å². The molecule has 2 heterocycles. The van der Waals surface area contributed by atoms with Crippen LogP contribution in [0, 0.1) is 5.82 Å². The van der Waals surface area contributed by atoms with E-state index in [1.54, 1.807) is 53.5 Å². The number of anilines is 1. The quantitative estimate of drug-likeness (QED) is 0.428. The Bertz CT molecular complexity index is 1220. The van der Waals surface area contributed by atoms with Crippen LogP contribution in [0.25, 0.3) is 5.82 Å². The van der Waals surface area contributed by atoms with Crippen LogP contribution in [-0.4, -0.2) is 20.7 Å². The van der Waals surface area contributed by atoms with Gasteiger partial charge in [0.25, 0.3) is 5.91 Å². The number of aromatic nitrogens is 3. The molecule has 0 bridgehead atoms. The summed E-state index contributed by atoms with van der Waals surface area (Å²) in [5.41, 5.74) is 2.58. The molecule has 1 N–H and O–H groups in total. The maximum atomic E-state index is 13.3. The average Bonchev–Trinajstić information content (AvgIpc) is 3.25. The highest BCUT2D eigenvalue weighted by molar-refractivity contribution is 6.05. The van der Waals surface area contributed by atoms with Gasteiger partial charge in [0.05, 0.1) is 17.5 Å². The van der Waals surface area contributed by atoms with Crippen molar-refractivity contribution in [1.82, 2.24) is 14.8 Å². The van der Waals surface area contributed by atoms with Gasteiger partial charge in [-0.05, 0) is 47.9 Å². The van der Waals surface area contributed by atoms with Gasteiger partial charge in [-0.1, -0.05) is 38.1 Å². The number of nitrogens with zero attached hydrogens (tertiary/aromatic N) is 3. The second-order valence-electron chi connectivity index (χ2n) is 7.60. The summed E-state index contributed by atoms with van der Waals surface area (Å²) in [5, 5.41) is 7.31. The fourth-order valence-corrected chi connectivity index (χ4v) is 3.41. The predicted molar refractivity (Wildman–Crippen MR) is 121 cm³/mol. The molecule has 7 heteroatoms. The molecule has 162 valence electrons. The molecule has 0 aliphatic carbocycles. The number of hydrogen-bond donors (Lipinski definition) is 1. The van der Waals surface area contributed by atoms with Gasteiger partial charge >= 0.3 is 0 Å². The molecule has 0 aliphatic heterocycles. The summed E-state index contributed by atoms with van der Waals surface area (Å²) in [6.45, 7) is 4.24. The molecule has 4 aromatic rings. The third kappa shape index (κ3) is 4.83. The standard InChI is InChI=1S/C25H23FN4O2/c1-17(2)24-22(15-28-30(24)23-11-3-4-12-27-23)25(31)29-20-9-6-10-21(14-20)32-16-18-7-5-8-19(26)13-18/h3-15,17H,16H2,1-2H3,(H,29,31). The van der Waals surface area contributed by atoms with Crippen LogP contribution in [0.2, 0.25) is 0 Å². The van der Waals surface area contributed by atoms with Gasteiger partial charge < -0.3 is 10.1 Å². The van der Waals surface area contributed by atoms with Gasteiger partial charge in [0, 0.05) is 18.0 Å². The Kier molecular flexibility index (Phi) is 6.26. The number of carbonyl (C=O) groups excluding carboxylic acids is 1. The Balaban J connectivity index is 1.51. The highest BCUT2D eigenvalue weighted by atomic mass is 19.1. The molecule has 0 unspecified atom stereocenters. The van der Waals surface area contributed by atoms with E-state index in [1.165, 1.54) is 12.1 Å². The van der Waals surface area contributed by atoms with Crippen molar-refractivity contribution in [3.05, 3.63) is 102 Å². The molecular weight excluding hydrogens is 407 g/mol. The second kappa shape index (κ2) is 9.43. The first-order valence-electron chi connectivity index (χ1n) is 10.3. The molecule has 32 heavy (non-hydrogen) atoms. The second-order valence-corrected chi connectivity index (χ2v) is 7.60. The minimum atomic E-state index is -0.306. The minimum Gasteiger partial charge on any atom is -0.489 e. The molecule has 0 saturated carbocycles. The number of pyridine rings is 1. The SMILES string of the molecule is CC(C)c1c(C(=O)Nc2cccc(OCc3cccc(F)c3)c2)cnn1-c1ccccn1. The van der Waals surface area contributed by atoms with Crippen LogP contribution >= 0.6 is 0 Å². The van der Waals surface area contributed by atoms with Gasteiger partial charge in [0.2, 0.25) is 0 Å². The van der Waals surface area contributed by atoms with E-state index in [4.69, 9.17) is 4.74 Å². The van der Waals surface area contributed by atoms with Crippen LogP contribution < -0.4 is 10.1 Å². The fourth-order valence-electron chi connectivity index (χ4n) is 3.41. The first-order chi connectivity index (χ1) is 15.5. The van der Waals surface area contributed by atoms with Crippen molar-refractivity contribution < 1.29 is 13.9 Å². The Labute approximate surface area is 185 Å². The smallest absolute Gasteiger partial charge is 0.259 e. The molecule has 0 spiro atoms. The number of hydrogen-bond acceptors (Lipinski definition) is 4. The number of benzene rings is 2. The van der Waals surface area contributed by atoms with Crippen molar-refractivity contribution in [3.63, 3.8) is 0 Å². The van der Waals surface area contributed by atoms with E-state index in [2.05, 4.69) is 15.4 Å². The summed E-state index contributed by atoms with van der Waals surface area (Å²) < 4.78 is 20.8. The van der Waals surface area contributed by atoms with E-state index in [1.807, 2.05) is 32.0 Å². The van der Waals surface area contributed by atoms with Crippen LogP contribution in [-0.2, 0) is 6.61 Å². The third-order valence-corrected chi connectivity index (χ3v) is 4.85. The normalized spacial score (nSPS) is 10.9. The average molecular weight is 430 g/mol. The summed E-state index contributed by atoms with van der Waals surface area (Å²) in [5.74, 6) is 0.710. The predicted octanol–water partition coefficient (Wildman–Crippen LogP) is 5.36. The lowest BCUT2D eigenvalue weighted by atomic mass is 10.1. The minimum absolute atomic E-state index is 0.0567. The van der Waals surface area contributed by atoms with Crippen molar-refractivity contribution in [1.29, 1.82) is 0 Å². The lowest BCUT2D eigenvalue weighted by molar-refractivity contribution is 0.102. The van der Waals surface area contributed by atoms with Crippen LogP contribution in [0.3, 0.4) is 0 Å². The first kappa shape index (κ1) is 21.2. The zero-order valence-corrected chi connectivity index (χ0v) is 17.8. The molecule has 0 saturated heterocycles. The molecular formula is C25H23FN4O2. The molecule has 0 fully saturated rings. The van der Waals surface area contributed by atoms with Gasteiger partial charge in [-0.2, -0.15) is 5.10 Å². The number of carbonyl (C=O) groups is 1. The van der Waals surface area contributed by atoms with E-state index >= 15 is 0 Å².